The number of fused-ring (bicyclic) bond motifs is 1. The van der Waals surface area contributed by atoms with Crippen molar-refractivity contribution in [1.82, 2.24) is 0 Å². The van der Waals surface area contributed by atoms with Crippen molar-refractivity contribution in [2.24, 2.45) is 0 Å². The summed E-state index contributed by atoms with van der Waals surface area (Å²) in [6, 6.07) is 8.63. The normalized spacial score (nSPS) is 12.1. The third-order valence-corrected chi connectivity index (χ3v) is 3.87. The number of hydrogen-bond acceptors (Lipinski definition) is 1. The summed E-state index contributed by atoms with van der Waals surface area (Å²) in [5, 5.41) is 1.37. The number of rotatable bonds is 4. The maximum Gasteiger partial charge on any atom is 0.0355 e. The second-order valence-corrected chi connectivity index (χ2v) is 5.15. The smallest absolute Gasteiger partial charge is 0.0355 e. The molecule has 88 valence electrons. The minimum atomic E-state index is 1.16. The van der Waals surface area contributed by atoms with Gasteiger partial charge in [0.05, 0.1) is 0 Å². The van der Waals surface area contributed by atoms with Crippen LogP contribution in [0.4, 0.5) is 0 Å². The zero-order valence-electron chi connectivity index (χ0n) is 10.4. The highest BCUT2D eigenvalue weighted by Crippen LogP contribution is 2.33. The molecule has 2 aromatic rings. The van der Waals surface area contributed by atoms with Gasteiger partial charge in [-0.2, -0.15) is 0 Å². The summed E-state index contributed by atoms with van der Waals surface area (Å²) in [7, 11) is 0. The minimum absolute atomic E-state index is 1.16. The zero-order valence-corrected chi connectivity index (χ0v) is 11.3. The highest BCUT2D eigenvalue weighted by Gasteiger charge is 2.06. The standard InChI is InChI=1S/C16H18S/c1-3-5-6-11-15-13(9-4-2)14-10-7-8-12-16(14)17-15/h4,6-12H,3,5H2,1-2H3/b9-4-,11-6-. The predicted molar refractivity (Wildman–Crippen MR) is 80.5 cm³/mol. The molecule has 0 aliphatic heterocycles. The zero-order chi connectivity index (χ0) is 12.1. The second-order valence-electron chi connectivity index (χ2n) is 4.07. The van der Waals surface area contributed by atoms with Crippen LogP contribution >= 0.6 is 11.3 Å². The first-order valence-corrected chi connectivity index (χ1v) is 6.99. The lowest BCUT2D eigenvalue weighted by atomic mass is 10.1. The molecular formula is C16H18S. The Bertz CT molecular complexity index is 544. The van der Waals surface area contributed by atoms with Gasteiger partial charge in [0, 0.05) is 15.0 Å². The van der Waals surface area contributed by atoms with Crippen LogP contribution in [-0.2, 0) is 0 Å². The summed E-state index contributed by atoms with van der Waals surface area (Å²) < 4.78 is 1.37. The molecule has 1 aromatic heterocycles. The van der Waals surface area contributed by atoms with E-state index in [-0.39, 0.29) is 0 Å². The minimum Gasteiger partial charge on any atom is -0.135 e. The average Bonchev–Trinajstić information content (AvgIpc) is 2.69. The SMILES string of the molecule is C/C=C\c1c(/C=C\CCC)sc2ccccc12. The molecule has 0 saturated heterocycles. The average molecular weight is 242 g/mol. The molecule has 1 aromatic carbocycles. The van der Waals surface area contributed by atoms with Crippen molar-refractivity contribution in [3.8, 4) is 0 Å². The fourth-order valence-corrected chi connectivity index (χ4v) is 3.03. The van der Waals surface area contributed by atoms with Crippen LogP contribution in [0.25, 0.3) is 22.2 Å². The van der Waals surface area contributed by atoms with E-state index in [2.05, 4.69) is 62.4 Å². The van der Waals surface area contributed by atoms with Gasteiger partial charge in [-0.1, -0.05) is 49.8 Å². The van der Waals surface area contributed by atoms with E-state index in [0.717, 1.165) is 6.42 Å². The van der Waals surface area contributed by atoms with E-state index in [4.69, 9.17) is 0 Å². The summed E-state index contributed by atoms with van der Waals surface area (Å²) in [6.45, 7) is 4.29. The van der Waals surface area contributed by atoms with Crippen LogP contribution in [0.3, 0.4) is 0 Å². The Morgan fingerprint density at radius 2 is 2.00 bits per heavy atom. The third kappa shape index (κ3) is 2.67. The van der Waals surface area contributed by atoms with Gasteiger partial charge >= 0.3 is 0 Å². The lowest BCUT2D eigenvalue weighted by Crippen LogP contribution is -1.72. The molecule has 0 N–H and O–H groups in total. The molecule has 1 heterocycles. The lowest BCUT2D eigenvalue weighted by Gasteiger charge is -1.93. The molecule has 0 bridgehead atoms. The lowest BCUT2D eigenvalue weighted by molar-refractivity contribution is 0.962. The first-order valence-electron chi connectivity index (χ1n) is 6.17. The van der Waals surface area contributed by atoms with Gasteiger partial charge < -0.3 is 0 Å². The Morgan fingerprint density at radius 1 is 1.18 bits per heavy atom. The van der Waals surface area contributed by atoms with Crippen LogP contribution < -0.4 is 0 Å². The highest BCUT2D eigenvalue weighted by molar-refractivity contribution is 7.20. The molecule has 0 aliphatic carbocycles. The van der Waals surface area contributed by atoms with Crippen LogP contribution in [0.2, 0.25) is 0 Å². The van der Waals surface area contributed by atoms with E-state index >= 15 is 0 Å². The first-order chi connectivity index (χ1) is 8.36. The van der Waals surface area contributed by atoms with E-state index < -0.39 is 0 Å². The molecule has 0 saturated carbocycles. The van der Waals surface area contributed by atoms with Crippen LogP contribution in [0.5, 0.6) is 0 Å². The van der Waals surface area contributed by atoms with Gasteiger partial charge in [-0.25, -0.2) is 0 Å². The molecule has 0 aliphatic rings. The molecule has 0 fully saturated rings. The van der Waals surface area contributed by atoms with Crippen molar-refractivity contribution in [2.75, 3.05) is 0 Å². The molecule has 0 spiro atoms. The quantitative estimate of drug-likeness (QED) is 0.640. The van der Waals surface area contributed by atoms with Crippen molar-refractivity contribution in [2.45, 2.75) is 26.7 Å². The van der Waals surface area contributed by atoms with Crippen LogP contribution in [-0.4, -0.2) is 0 Å². The Hall–Kier alpha value is -1.34. The fourth-order valence-electron chi connectivity index (χ4n) is 1.90. The molecule has 17 heavy (non-hydrogen) atoms. The maximum atomic E-state index is 2.28. The molecule has 0 radical (unpaired) electrons. The van der Waals surface area contributed by atoms with Gasteiger partial charge in [0.25, 0.3) is 0 Å². The van der Waals surface area contributed by atoms with Crippen molar-refractivity contribution < 1.29 is 0 Å². The topological polar surface area (TPSA) is 0 Å². The number of allylic oxidation sites excluding steroid dienone is 2. The van der Waals surface area contributed by atoms with E-state index in [1.165, 1.54) is 26.9 Å². The monoisotopic (exact) mass is 242 g/mol. The highest BCUT2D eigenvalue weighted by atomic mass is 32.1. The van der Waals surface area contributed by atoms with Crippen LogP contribution in [0.1, 0.15) is 37.1 Å². The summed E-state index contributed by atoms with van der Waals surface area (Å²) in [5.74, 6) is 0. The summed E-state index contributed by atoms with van der Waals surface area (Å²) >= 11 is 1.88. The van der Waals surface area contributed by atoms with Crippen LogP contribution in [0, 0.1) is 0 Å². The van der Waals surface area contributed by atoms with Crippen molar-refractivity contribution in [3.63, 3.8) is 0 Å². The molecule has 0 amide bonds. The summed E-state index contributed by atoms with van der Waals surface area (Å²) in [4.78, 5) is 1.37. The Morgan fingerprint density at radius 3 is 2.76 bits per heavy atom. The van der Waals surface area contributed by atoms with E-state index in [9.17, 15) is 0 Å². The molecule has 0 unspecified atom stereocenters. The Labute approximate surface area is 107 Å². The van der Waals surface area contributed by atoms with Crippen molar-refractivity contribution >= 4 is 33.6 Å². The molecule has 2 rings (SSSR count). The third-order valence-electron chi connectivity index (χ3n) is 2.72. The van der Waals surface area contributed by atoms with E-state index in [1.54, 1.807) is 0 Å². The van der Waals surface area contributed by atoms with E-state index in [0.29, 0.717) is 0 Å². The Balaban J connectivity index is 2.49. The number of thiophene rings is 1. The van der Waals surface area contributed by atoms with Crippen molar-refractivity contribution in [3.05, 3.63) is 46.9 Å². The van der Waals surface area contributed by atoms with Gasteiger partial charge in [-0.05, 0) is 31.1 Å². The van der Waals surface area contributed by atoms with Gasteiger partial charge in [0.1, 0.15) is 0 Å². The molecule has 0 atom stereocenters. The molecule has 1 heteroatoms. The maximum absolute atomic E-state index is 2.28. The van der Waals surface area contributed by atoms with Gasteiger partial charge in [-0.3, -0.25) is 0 Å². The number of hydrogen-bond donors (Lipinski definition) is 0. The van der Waals surface area contributed by atoms with Crippen molar-refractivity contribution in [1.29, 1.82) is 0 Å². The molecular weight excluding hydrogens is 224 g/mol. The van der Waals surface area contributed by atoms with Gasteiger partial charge in [-0.15, -0.1) is 11.3 Å². The summed E-state index contributed by atoms with van der Waals surface area (Å²) in [5.41, 5.74) is 1.36. The van der Waals surface area contributed by atoms with E-state index in [1.807, 2.05) is 11.3 Å². The predicted octanol–water partition coefficient (Wildman–Crippen LogP) is 5.75. The first kappa shape index (κ1) is 12.1. The van der Waals surface area contributed by atoms with Gasteiger partial charge in [0.15, 0.2) is 0 Å². The number of benzene rings is 1. The largest absolute Gasteiger partial charge is 0.135 e. The van der Waals surface area contributed by atoms with Gasteiger partial charge in [0.2, 0.25) is 0 Å². The second kappa shape index (κ2) is 5.83. The Kier molecular flexibility index (Phi) is 4.16. The van der Waals surface area contributed by atoms with Crippen LogP contribution in [0.15, 0.2) is 36.4 Å². The summed E-state index contributed by atoms with van der Waals surface area (Å²) in [6.07, 6.45) is 11.2. The number of unbranched alkanes of at least 4 members (excludes halogenated alkanes) is 1. The molecule has 0 nitrogen and oxygen atoms in total. The fraction of sp³-hybridized carbons (Fsp3) is 0.250.